The van der Waals surface area contributed by atoms with Crippen LogP contribution < -0.4 is 0 Å². The molecule has 0 aromatic carbocycles. The molecule has 2 rings (SSSR count). The molecule has 1 aromatic heterocycles. The van der Waals surface area contributed by atoms with Crippen molar-refractivity contribution in [3.8, 4) is 0 Å². The van der Waals surface area contributed by atoms with Gasteiger partial charge in [0.1, 0.15) is 16.7 Å². The summed E-state index contributed by atoms with van der Waals surface area (Å²) in [5.74, 6) is -0.514. The molecule has 0 radical (unpaired) electrons. The fourth-order valence-corrected chi connectivity index (χ4v) is 2.51. The quantitative estimate of drug-likeness (QED) is 0.765. The number of aliphatic hydroxyl groups excluding tert-OH is 1. The van der Waals surface area contributed by atoms with E-state index in [1.807, 2.05) is 13.8 Å². The Hall–Kier alpha value is -1.54. The van der Waals surface area contributed by atoms with Gasteiger partial charge in [-0.05, 0) is 27.7 Å². The van der Waals surface area contributed by atoms with Crippen molar-refractivity contribution in [1.82, 2.24) is 14.7 Å². The molecule has 1 N–H and O–H groups in total. The number of thiol groups is 1. The van der Waals surface area contributed by atoms with Crippen LogP contribution in [0, 0.1) is 6.92 Å². The Balaban J connectivity index is 0.00000127. The predicted molar refractivity (Wildman–Crippen MR) is 89.4 cm³/mol. The number of hydrogen-bond donors (Lipinski definition) is 2. The van der Waals surface area contributed by atoms with Crippen LogP contribution in [0.3, 0.4) is 0 Å². The van der Waals surface area contributed by atoms with Crippen LogP contribution in [0.5, 0.6) is 0 Å². The maximum absolute atomic E-state index is 12.5. The summed E-state index contributed by atoms with van der Waals surface area (Å²) < 4.78 is 6.72. The molecule has 1 aliphatic rings. The lowest BCUT2D eigenvalue weighted by Crippen LogP contribution is -2.50. The number of aromatic nitrogens is 2. The number of rotatable bonds is 1. The summed E-state index contributed by atoms with van der Waals surface area (Å²) in [6, 6.07) is 0. The molecule has 7 nitrogen and oxygen atoms in total. The number of ether oxygens (including phenoxy) is 1. The maximum atomic E-state index is 12.5. The summed E-state index contributed by atoms with van der Waals surface area (Å²) in [6.07, 6.45) is -0.732. The number of fused-ring (bicyclic) bond motifs is 1. The molecule has 1 unspecified atom stereocenters. The Bertz CT molecular complexity index is 592. The number of carbonyl (C=O) groups excluding carboxylic acids is 2. The number of aliphatic hydroxyl groups is 1. The smallest absolute Gasteiger partial charge is 0.418 e. The topological polar surface area (TPSA) is 84.7 Å². The summed E-state index contributed by atoms with van der Waals surface area (Å²) in [6.45, 7) is 10.9. The van der Waals surface area contributed by atoms with Crippen molar-refractivity contribution in [3.05, 3.63) is 17.0 Å². The van der Waals surface area contributed by atoms with Crippen LogP contribution >= 0.6 is 12.6 Å². The number of amides is 2. The largest absolute Gasteiger partial charge is 0.443 e. The first-order chi connectivity index (χ1) is 10.7. The van der Waals surface area contributed by atoms with Gasteiger partial charge in [-0.1, -0.05) is 13.8 Å². The number of nitrogens with zero attached hydrogens (tertiary/aromatic N) is 3. The first kappa shape index (κ1) is 19.5. The van der Waals surface area contributed by atoms with Gasteiger partial charge in [-0.15, -0.1) is 0 Å². The van der Waals surface area contributed by atoms with E-state index in [2.05, 4.69) is 17.7 Å². The molecule has 0 saturated carbocycles. The van der Waals surface area contributed by atoms with E-state index in [-0.39, 0.29) is 18.8 Å². The molecule has 0 aliphatic carbocycles. The van der Waals surface area contributed by atoms with Crippen molar-refractivity contribution in [3.63, 3.8) is 0 Å². The van der Waals surface area contributed by atoms with Crippen molar-refractivity contribution in [2.75, 3.05) is 0 Å². The third kappa shape index (κ3) is 4.06. The summed E-state index contributed by atoms with van der Waals surface area (Å²) in [4.78, 5) is 25.7. The molecular formula is C15H25N3O4S. The Labute approximate surface area is 142 Å². The second-order valence-corrected chi connectivity index (χ2v) is 6.49. The zero-order valence-corrected chi connectivity index (χ0v) is 15.3. The maximum Gasteiger partial charge on any atom is 0.418 e. The summed E-state index contributed by atoms with van der Waals surface area (Å²) in [5, 5.41) is 12.7. The van der Waals surface area contributed by atoms with Crippen molar-refractivity contribution in [2.24, 2.45) is 0 Å². The van der Waals surface area contributed by atoms with Crippen LogP contribution in [0.2, 0.25) is 0 Å². The average molecular weight is 343 g/mol. The molecule has 0 bridgehead atoms. The van der Waals surface area contributed by atoms with E-state index >= 15 is 0 Å². The minimum Gasteiger partial charge on any atom is -0.443 e. The molecule has 1 aliphatic heterocycles. The van der Waals surface area contributed by atoms with E-state index in [9.17, 15) is 14.7 Å². The molecule has 1 atom stereocenters. The highest BCUT2D eigenvalue weighted by Gasteiger charge is 2.40. The van der Waals surface area contributed by atoms with Crippen LogP contribution in [0.25, 0.3) is 0 Å². The highest BCUT2D eigenvalue weighted by atomic mass is 32.1. The Kier molecular flexibility index (Phi) is 6.24. The van der Waals surface area contributed by atoms with Crippen LogP contribution in [0.1, 0.15) is 56.4 Å². The zero-order valence-electron chi connectivity index (χ0n) is 14.5. The van der Waals surface area contributed by atoms with Gasteiger partial charge in [-0.25, -0.2) is 9.69 Å². The second-order valence-electron chi connectivity index (χ2n) is 5.90. The van der Waals surface area contributed by atoms with Crippen molar-refractivity contribution in [2.45, 2.75) is 65.7 Å². The molecular weight excluding hydrogens is 318 g/mol. The minimum absolute atomic E-state index is 0.254. The third-order valence-electron chi connectivity index (χ3n) is 3.08. The molecule has 2 amide bonds. The van der Waals surface area contributed by atoms with E-state index in [4.69, 9.17) is 4.74 Å². The fourth-order valence-electron chi connectivity index (χ4n) is 2.16. The van der Waals surface area contributed by atoms with Gasteiger partial charge in [0.25, 0.3) is 5.91 Å². The molecule has 0 fully saturated rings. The lowest BCUT2D eigenvalue weighted by atomic mass is 10.1. The third-order valence-corrected chi connectivity index (χ3v) is 3.48. The Morgan fingerprint density at radius 2 is 2.00 bits per heavy atom. The van der Waals surface area contributed by atoms with Crippen LogP contribution in [-0.4, -0.2) is 42.8 Å². The van der Waals surface area contributed by atoms with Crippen molar-refractivity contribution >= 4 is 24.6 Å². The van der Waals surface area contributed by atoms with Gasteiger partial charge in [0, 0.05) is 5.56 Å². The van der Waals surface area contributed by atoms with E-state index in [1.54, 1.807) is 27.7 Å². The molecule has 130 valence electrons. The van der Waals surface area contributed by atoms with Gasteiger partial charge in [-0.3, -0.25) is 9.48 Å². The monoisotopic (exact) mass is 343 g/mol. The predicted octanol–water partition coefficient (Wildman–Crippen LogP) is 2.36. The van der Waals surface area contributed by atoms with E-state index in [0.29, 0.717) is 11.3 Å². The standard InChI is InChI=1S/C13H19N3O4S.C2H6/c1-7-8(6-17)14-15-5-9(21)16(11(18)10(7)15)12(19)20-13(2,3)4;1-2/h9,17,21H,5-6H2,1-4H3;1-2H3. The fraction of sp³-hybridized carbons (Fsp3) is 0.667. The van der Waals surface area contributed by atoms with E-state index < -0.39 is 23.0 Å². The van der Waals surface area contributed by atoms with Crippen molar-refractivity contribution < 1.29 is 19.4 Å². The van der Waals surface area contributed by atoms with Gasteiger partial charge in [0.2, 0.25) is 0 Å². The first-order valence-corrected chi connectivity index (χ1v) is 8.09. The normalized spacial score (nSPS) is 17.3. The molecule has 0 spiro atoms. The molecule has 8 heteroatoms. The number of hydrogen-bond acceptors (Lipinski definition) is 6. The van der Waals surface area contributed by atoms with Gasteiger partial charge in [0.15, 0.2) is 0 Å². The minimum atomic E-state index is -0.732. The van der Waals surface area contributed by atoms with Crippen LogP contribution in [-0.2, 0) is 17.9 Å². The summed E-state index contributed by atoms with van der Waals surface area (Å²) in [7, 11) is 0. The molecule has 2 heterocycles. The lowest BCUT2D eigenvalue weighted by Gasteiger charge is -2.33. The number of imide groups is 1. The Morgan fingerprint density at radius 1 is 1.43 bits per heavy atom. The van der Waals surface area contributed by atoms with E-state index in [1.165, 1.54) is 4.68 Å². The van der Waals surface area contributed by atoms with Crippen molar-refractivity contribution in [1.29, 1.82) is 0 Å². The molecule has 1 aromatic rings. The van der Waals surface area contributed by atoms with Gasteiger partial charge >= 0.3 is 6.09 Å². The van der Waals surface area contributed by atoms with Crippen LogP contribution in [0.15, 0.2) is 0 Å². The van der Waals surface area contributed by atoms with E-state index in [0.717, 1.165) is 4.90 Å². The van der Waals surface area contributed by atoms with Gasteiger partial charge in [0.05, 0.1) is 18.8 Å². The summed E-state index contributed by atoms with van der Waals surface area (Å²) in [5.41, 5.74) is 0.574. The van der Waals surface area contributed by atoms with Gasteiger partial charge < -0.3 is 9.84 Å². The molecule has 23 heavy (non-hydrogen) atoms. The van der Waals surface area contributed by atoms with Crippen LogP contribution in [0.4, 0.5) is 4.79 Å². The highest BCUT2D eigenvalue weighted by Crippen LogP contribution is 2.26. The lowest BCUT2D eigenvalue weighted by molar-refractivity contribution is 0.0185. The Morgan fingerprint density at radius 3 is 2.48 bits per heavy atom. The number of carbonyl (C=O) groups is 2. The molecule has 0 saturated heterocycles. The second kappa shape index (κ2) is 7.35. The zero-order chi connectivity index (χ0) is 17.9. The summed E-state index contributed by atoms with van der Waals surface area (Å²) >= 11 is 4.28. The first-order valence-electron chi connectivity index (χ1n) is 7.57. The van der Waals surface area contributed by atoms with Gasteiger partial charge in [-0.2, -0.15) is 17.7 Å². The highest BCUT2D eigenvalue weighted by molar-refractivity contribution is 7.80. The average Bonchev–Trinajstić information content (AvgIpc) is 2.75. The SMILES string of the molecule is CC.Cc1c(CO)nn2c1C(=O)N(C(=O)OC(C)(C)C)C(S)C2.